The number of nitrogens with zero attached hydrogens (tertiary/aromatic N) is 1. The Hall–Kier alpha value is -2.28. The average molecular weight is 373 g/mol. The first kappa shape index (κ1) is 18.1. The van der Waals surface area contributed by atoms with Gasteiger partial charge in [0.1, 0.15) is 11.4 Å². The third-order valence-electron chi connectivity index (χ3n) is 6.00. The van der Waals surface area contributed by atoms with E-state index in [4.69, 9.17) is 0 Å². The number of hydrogen-bond donors (Lipinski definition) is 2. The molecule has 6 nitrogen and oxygen atoms in total. The van der Waals surface area contributed by atoms with Crippen molar-refractivity contribution in [2.24, 2.45) is 17.8 Å². The maximum absolute atomic E-state index is 14.0. The molecule has 0 saturated carbocycles. The standard InChI is InChI=1S/C20H24FN3O3/c1-9(2)15-13-14(17(26)24(16(13)25)19(3,4)5)20(23-15)11-8-10(21)6-7-12(11)22-18(20)27/h6-9,13-15,23H,1-5H3,(H,22,27). The summed E-state index contributed by atoms with van der Waals surface area (Å²) in [5, 5.41) is 6.06. The fraction of sp³-hybridized carbons (Fsp3) is 0.550. The van der Waals surface area contributed by atoms with E-state index in [9.17, 15) is 18.8 Å². The van der Waals surface area contributed by atoms with Gasteiger partial charge in [-0.1, -0.05) is 13.8 Å². The molecule has 3 heterocycles. The minimum atomic E-state index is -1.43. The summed E-state index contributed by atoms with van der Waals surface area (Å²) in [5.41, 5.74) is -1.24. The highest BCUT2D eigenvalue weighted by Crippen LogP contribution is 2.54. The zero-order chi connectivity index (χ0) is 19.9. The molecule has 1 spiro atoms. The van der Waals surface area contributed by atoms with Crippen molar-refractivity contribution in [3.8, 4) is 0 Å². The van der Waals surface area contributed by atoms with E-state index in [1.54, 1.807) is 20.8 Å². The number of benzene rings is 1. The Morgan fingerprint density at radius 2 is 1.81 bits per heavy atom. The molecule has 2 N–H and O–H groups in total. The molecule has 0 bridgehead atoms. The molecule has 2 fully saturated rings. The quantitative estimate of drug-likeness (QED) is 0.738. The molecule has 0 radical (unpaired) electrons. The van der Waals surface area contributed by atoms with E-state index >= 15 is 0 Å². The van der Waals surface area contributed by atoms with E-state index in [0.717, 1.165) is 0 Å². The lowest BCUT2D eigenvalue weighted by atomic mass is 9.75. The summed E-state index contributed by atoms with van der Waals surface area (Å²) in [6, 6.07) is 3.70. The van der Waals surface area contributed by atoms with Crippen LogP contribution < -0.4 is 10.6 Å². The molecule has 0 aliphatic carbocycles. The second-order valence-corrected chi connectivity index (χ2v) is 9.05. The lowest BCUT2D eigenvalue weighted by molar-refractivity contribution is -0.148. The van der Waals surface area contributed by atoms with Gasteiger partial charge in [-0.3, -0.25) is 24.6 Å². The Labute approximate surface area is 157 Å². The van der Waals surface area contributed by atoms with Crippen LogP contribution in [0.2, 0.25) is 0 Å². The van der Waals surface area contributed by atoms with Gasteiger partial charge < -0.3 is 5.32 Å². The number of anilines is 1. The number of likely N-dealkylation sites (tertiary alicyclic amines) is 1. The predicted octanol–water partition coefficient (Wildman–Crippen LogP) is 2.00. The van der Waals surface area contributed by atoms with E-state index in [2.05, 4.69) is 10.6 Å². The number of nitrogens with one attached hydrogen (secondary N) is 2. The number of fused-ring (bicyclic) bond motifs is 4. The smallest absolute Gasteiger partial charge is 0.250 e. The molecule has 1 aromatic carbocycles. The molecule has 27 heavy (non-hydrogen) atoms. The highest BCUT2D eigenvalue weighted by molar-refractivity contribution is 6.15. The molecule has 4 rings (SSSR count). The van der Waals surface area contributed by atoms with Crippen molar-refractivity contribution in [3.63, 3.8) is 0 Å². The lowest BCUT2D eigenvalue weighted by Gasteiger charge is -2.35. The topological polar surface area (TPSA) is 78.5 Å². The van der Waals surface area contributed by atoms with Gasteiger partial charge in [-0.25, -0.2) is 4.39 Å². The Balaban J connectivity index is 1.95. The third-order valence-corrected chi connectivity index (χ3v) is 6.00. The lowest BCUT2D eigenvalue weighted by Crippen LogP contribution is -2.56. The van der Waals surface area contributed by atoms with Crippen LogP contribution in [0.5, 0.6) is 0 Å². The summed E-state index contributed by atoms with van der Waals surface area (Å²) in [6.45, 7) is 9.30. The number of halogens is 1. The van der Waals surface area contributed by atoms with E-state index in [1.165, 1.54) is 23.1 Å². The molecular formula is C20H24FN3O3. The second kappa shape index (κ2) is 5.38. The van der Waals surface area contributed by atoms with Gasteiger partial charge in [0.25, 0.3) is 0 Å². The van der Waals surface area contributed by atoms with Crippen LogP contribution in [-0.4, -0.2) is 34.2 Å². The molecule has 3 amide bonds. The molecule has 3 aliphatic heterocycles. The van der Waals surface area contributed by atoms with Crippen LogP contribution in [0.1, 0.15) is 40.2 Å². The van der Waals surface area contributed by atoms with Crippen molar-refractivity contribution in [1.29, 1.82) is 0 Å². The van der Waals surface area contributed by atoms with Gasteiger partial charge in [-0.2, -0.15) is 0 Å². The van der Waals surface area contributed by atoms with Crippen LogP contribution in [0.3, 0.4) is 0 Å². The van der Waals surface area contributed by atoms with Crippen molar-refractivity contribution < 1.29 is 18.8 Å². The fourth-order valence-corrected chi connectivity index (χ4v) is 4.94. The average Bonchev–Trinajstić information content (AvgIpc) is 3.13. The van der Waals surface area contributed by atoms with Crippen LogP contribution in [0, 0.1) is 23.6 Å². The normalized spacial score (nSPS) is 32.5. The van der Waals surface area contributed by atoms with Crippen molar-refractivity contribution >= 4 is 23.4 Å². The van der Waals surface area contributed by atoms with Gasteiger partial charge in [-0.05, 0) is 44.9 Å². The molecule has 4 unspecified atom stereocenters. The van der Waals surface area contributed by atoms with Crippen molar-refractivity contribution in [3.05, 3.63) is 29.6 Å². The number of carbonyl (C=O) groups excluding carboxylic acids is 3. The zero-order valence-corrected chi connectivity index (χ0v) is 16.1. The highest BCUT2D eigenvalue weighted by atomic mass is 19.1. The Kier molecular flexibility index (Phi) is 3.60. The van der Waals surface area contributed by atoms with Gasteiger partial charge >= 0.3 is 0 Å². The van der Waals surface area contributed by atoms with Gasteiger partial charge in [0.2, 0.25) is 17.7 Å². The maximum atomic E-state index is 14.0. The van der Waals surface area contributed by atoms with Crippen LogP contribution in [0.25, 0.3) is 0 Å². The van der Waals surface area contributed by atoms with Crippen molar-refractivity contribution in [2.75, 3.05) is 5.32 Å². The number of amides is 3. The maximum Gasteiger partial charge on any atom is 0.250 e. The Bertz CT molecular complexity index is 876. The minimum Gasteiger partial charge on any atom is -0.324 e. The zero-order valence-electron chi connectivity index (χ0n) is 16.1. The van der Waals surface area contributed by atoms with E-state index in [1.807, 2.05) is 13.8 Å². The molecule has 7 heteroatoms. The van der Waals surface area contributed by atoms with Gasteiger partial charge in [0.05, 0.1) is 11.8 Å². The first-order valence-corrected chi connectivity index (χ1v) is 9.27. The molecule has 1 aromatic rings. The van der Waals surface area contributed by atoms with Crippen LogP contribution in [0.15, 0.2) is 18.2 Å². The second-order valence-electron chi connectivity index (χ2n) is 9.05. The summed E-state index contributed by atoms with van der Waals surface area (Å²) in [4.78, 5) is 41.0. The van der Waals surface area contributed by atoms with Crippen LogP contribution >= 0.6 is 0 Å². The first-order valence-electron chi connectivity index (χ1n) is 9.27. The monoisotopic (exact) mass is 373 g/mol. The van der Waals surface area contributed by atoms with Gasteiger partial charge in [-0.15, -0.1) is 0 Å². The summed E-state index contributed by atoms with van der Waals surface area (Å²) in [6.07, 6.45) is 0. The third kappa shape index (κ3) is 2.18. The number of rotatable bonds is 1. The number of hydrogen-bond acceptors (Lipinski definition) is 4. The number of imide groups is 1. The minimum absolute atomic E-state index is 0.0129. The Morgan fingerprint density at radius 3 is 2.41 bits per heavy atom. The predicted molar refractivity (Wildman–Crippen MR) is 97.1 cm³/mol. The SMILES string of the molecule is CC(C)C1NC2(C(=O)Nc3ccc(F)cc32)C2C(=O)N(C(C)(C)C)C(=O)C12. The molecule has 0 aromatic heterocycles. The van der Waals surface area contributed by atoms with Gasteiger partial charge in [0.15, 0.2) is 0 Å². The number of carbonyl (C=O) groups is 3. The molecule has 2 saturated heterocycles. The fourth-order valence-electron chi connectivity index (χ4n) is 4.94. The van der Waals surface area contributed by atoms with E-state index < -0.39 is 34.6 Å². The highest BCUT2D eigenvalue weighted by Gasteiger charge is 2.71. The summed E-state index contributed by atoms with van der Waals surface area (Å²) in [5.74, 6) is -3.06. The summed E-state index contributed by atoms with van der Waals surface area (Å²) >= 11 is 0. The van der Waals surface area contributed by atoms with Crippen LogP contribution in [-0.2, 0) is 19.9 Å². The molecular weight excluding hydrogens is 349 g/mol. The Morgan fingerprint density at radius 1 is 1.15 bits per heavy atom. The molecule has 4 atom stereocenters. The van der Waals surface area contributed by atoms with E-state index in [0.29, 0.717) is 11.3 Å². The van der Waals surface area contributed by atoms with Crippen molar-refractivity contribution in [1.82, 2.24) is 10.2 Å². The van der Waals surface area contributed by atoms with Crippen LogP contribution in [0.4, 0.5) is 10.1 Å². The summed E-state index contributed by atoms with van der Waals surface area (Å²) in [7, 11) is 0. The van der Waals surface area contributed by atoms with Gasteiger partial charge in [0, 0.05) is 22.8 Å². The largest absolute Gasteiger partial charge is 0.324 e. The molecule has 3 aliphatic rings. The summed E-state index contributed by atoms with van der Waals surface area (Å²) < 4.78 is 14.0. The van der Waals surface area contributed by atoms with Crippen molar-refractivity contribution in [2.45, 2.75) is 51.7 Å². The first-order chi connectivity index (χ1) is 12.5. The molecule has 144 valence electrons. The van der Waals surface area contributed by atoms with E-state index in [-0.39, 0.29) is 23.8 Å².